The highest BCUT2D eigenvalue weighted by Gasteiger charge is 2.06. The molecule has 1 aromatic carbocycles. The second kappa shape index (κ2) is 6.53. The van der Waals surface area contributed by atoms with Gasteiger partial charge in [-0.15, -0.1) is 0 Å². The molecular weight excluding hydrogens is 234 g/mol. The van der Waals surface area contributed by atoms with Gasteiger partial charge in [0.15, 0.2) is 0 Å². The van der Waals surface area contributed by atoms with Crippen LogP contribution in [0.2, 0.25) is 0 Å². The maximum atomic E-state index is 4.04. The Morgan fingerprint density at radius 3 is 2.58 bits per heavy atom. The van der Waals surface area contributed by atoms with E-state index in [9.17, 15) is 0 Å². The number of nitrogens with one attached hydrogen (secondary N) is 2. The van der Waals surface area contributed by atoms with Crippen molar-refractivity contribution in [2.24, 2.45) is 0 Å². The Labute approximate surface area is 115 Å². The number of nitrogens with zero attached hydrogens (tertiary/aromatic N) is 1. The highest BCUT2D eigenvalue weighted by molar-refractivity contribution is 5.25. The van der Waals surface area contributed by atoms with Gasteiger partial charge in [0, 0.05) is 23.8 Å². The smallest absolute Gasteiger partial charge is 0.0535 e. The topological polar surface area (TPSA) is 40.7 Å². The zero-order valence-corrected chi connectivity index (χ0v) is 12.0. The van der Waals surface area contributed by atoms with Crippen LogP contribution in [0.1, 0.15) is 48.7 Å². The lowest BCUT2D eigenvalue weighted by molar-refractivity contribution is 0.573. The number of hydrogen-bond donors (Lipinski definition) is 2. The predicted molar refractivity (Wildman–Crippen MR) is 79.0 cm³/mol. The number of rotatable bonds is 6. The average Bonchev–Trinajstić information content (AvgIpc) is 2.83. The summed E-state index contributed by atoms with van der Waals surface area (Å²) in [5.41, 5.74) is 5.12. The molecule has 1 aromatic heterocycles. The molecule has 1 atom stereocenters. The van der Waals surface area contributed by atoms with E-state index >= 15 is 0 Å². The largest absolute Gasteiger partial charge is 0.306 e. The van der Waals surface area contributed by atoms with Crippen LogP contribution in [0.15, 0.2) is 30.5 Å². The fourth-order valence-electron chi connectivity index (χ4n) is 2.20. The summed E-state index contributed by atoms with van der Waals surface area (Å²) < 4.78 is 0. The molecular formula is C16H23N3. The Balaban J connectivity index is 1.92. The Kier molecular flexibility index (Phi) is 4.74. The summed E-state index contributed by atoms with van der Waals surface area (Å²) in [7, 11) is 0. The van der Waals surface area contributed by atoms with Gasteiger partial charge in [-0.3, -0.25) is 5.10 Å². The lowest BCUT2D eigenvalue weighted by Crippen LogP contribution is -2.18. The van der Waals surface area contributed by atoms with Crippen LogP contribution in [-0.4, -0.2) is 10.2 Å². The monoisotopic (exact) mass is 257 g/mol. The van der Waals surface area contributed by atoms with Crippen LogP contribution in [0.4, 0.5) is 0 Å². The van der Waals surface area contributed by atoms with Crippen molar-refractivity contribution in [3.8, 4) is 0 Å². The highest BCUT2D eigenvalue weighted by atomic mass is 15.1. The molecule has 0 bridgehead atoms. The summed E-state index contributed by atoms with van der Waals surface area (Å²) in [6.07, 6.45) is 4.25. The first-order valence-electron chi connectivity index (χ1n) is 7.01. The summed E-state index contributed by atoms with van der Waals surface area (Å²) >= 11 is 0. The number of benzene rings is 1. The number of aryl methyl sites for hydroxylation is 2. The van der Waals surface area contributed by atoms with Gasteiger partial charge < -0.3 is 5.32 Å². The molecule has 0 saturated carbocycles. The van der Waals surface area contributed by atoms with E-state index in [-0.39, 0.29) is 0 Å². The Bertz CT molecular complexity index is 499. The molecule has 3 heteroatoms. The molecule has 0 aliphatic carbocycles. The van der Waals surface area contributed by atoms with Crippen molar-refractivity contribution in [1.29, 1.82) is 0 Å². The second-order valence-corrected chi connectivity index (χ2v) is 5.11. The van der Waals surface area contributed by atoms with Gasteiger partial charge in [0.25, 0.3) is 0 Å². The molecule has 19 heavy (non-hydrogen) atoms. The summed E-state index contributed by atoms with van der Waals surface area (Å²) in [6, 6.07) is 9.28. The van der Waals surface area contributed by atoms with E-state index in [1.807, 2.05) is 13.1 Å². The minimum atomic E-state index is 0.352. The SMILES string of the molecule is CCCc1ccc(C(C)NCc2cn[nH]c2C)cc1. The van der Waals surface area contributed by atoms with Gasteiger partial charge >= 0.3 is 0 Å². The molecule has 0 aliphatic heterocycles. The quantitative estimate of drug-likeness (QED) is 0.831. The van der Waals surface area contributed by atoms with Crippen molar-refractivity contribution in [2.45, 2.75) is 46.2 Å². The fourth-order valence-corrected chi connectivity index (χ4v) is 2.20. The third-order valence-electron chi connectivity index (χ3n) is 3.55. The number of aromatic amines is 1. The first-order chi connectivity index (χ1) is 9.20. The van der Waals surface area contributed by atoms with Gasteiger partial charge in [-0.2, -0.15) is 5.10 Å². The molecule has 2 aromatic rings. The van der Waals surface area contributed by atoms with Gasteiger partial charge in [-0.25, -0.2) is 0 Å². The molecule has 0 spiro atoms. The Hall–Kier alpha value is -1.61. The number of H-pyrrole nitrogens is 1. The van der Waals surface area contributed by atoms with Crippen molar-refractivity contribution >= 4 is 0 Å². The van der Waals surface area contributed by atoms with Crippen molar-refractivity contribution < 1.29 is 0 Å². The predicted octanol–water partition coefficient (Wildman–Crippen LogP) is 3.52. The third-order valence-corrected chi connectivity index (χ3v) is 3.55. The van der Waals surface area contributed by atoms with Gasteiger partial charge in [0.05, 0.1) is 6.20 Å². The van der Waals surface area contributed by atoms with E-state index in [0.717, 1.165) is 18.7 Å². The van der Waals surface area contributed by atoms with E-state index in [1.165, 1.54) is 23.1 Å². The number of hydrogen-bond acceptors (Lipinski definition) is 2. The van der Waals surface area contributed by atoms with Crippen LogP contribution in [0.3, 0.4) is 0 Å². The van der Waals surface area contributed by atoms with Crippen LogP contribution < -0.4 is 5.32 Å². The first kappa shape index (κ1) is 13.8. The maximum absolute atomic E-state index is 4.04. The molecule has 0 radical (unpaired) electrons. The van der Waals surface area contributed by atoms with Crippen molar-refractivity contribution in [3.63, 3.8) is 0 Å². The van der Waals surface area contributed by atoms with Crippen molar-refractivity contribution in [1.82, 2.24) is 15.5 Å². The van der Waals surface area contributed by atoms with Gasteiger partial charge in [-0.05, 0) is 31.4 Å². The van der Waals surface area contributed by atoms with E-state index in [0.29, 0.717) is 6.04 Å². The van der Waals surface area contributed by atoms with Crippen LogP contribution in [0.25, 0.3) is 0 Å². The van der Waals surface area contributed by atoms with Gasteiger partial charge in [-0.1, -0.05) is 37.6 Å². The minimum absolute atomic E-state index is 0.352. The van der Waals surface area contributed by atoms with Gasteiger partial charge in [0.1, 0.15) is 0 Å². The molecule has 0 aliphatic rings. The second-order valence-electron chi connectivity index (χ2n) is 5.11. The van der Waals surface area contributed by atoms with Gasteiger partial charge in [0.2, 0.25) is 0 Å². The molecule has 3 nitrogen and oxygen atoms in total. The molecule has 0 fully saturated rings. The third kappa shape index (κ3) is 3.67. The van der Waals surface area contributed by atoms with Crippen LogP contribution in [-0.2, 0) is 13.0 Å². The standard InChI is InChI=1S/C16H23N3/c1-4-5-14-6-8-15(9-7-14)12(2)17-10-16-11-18-19-13(16)3/h6-9,11-12,17H,4-5,10H2,1-3H3,(H,18,19). The lowest BCUT2D eigenvalue weighted by Gasteiger charge is -2.14. The first-order valence-corrected chi connectivity index (χ1v) is 7.01. The number of aromatic nitrogens is 2. The summed E-state index contributed by atoms with van der Waals surface area (Å²) in [6.45, 7) is 7.31. The molecule has 2 rings (SSSR count). The molecule has 2 N–H and O–H groups in total. The average molecular weight is 257 g/mol. The summed E-state index contributed by atoms with van der Waals surface area (Å²) in [5, 5.41) is 10.5. The molecule has 0 amide bonds. The molecule has 102 valence electrons. The highest BCUT2D eigenvalue weighted by Crippen LogP contribution is 2.15. The zero-order valence-electron chi connectivity index (χ0n) is 12.0. The van der Waals surface area contributed by atoms with Crippen LogP contribution in [0, 0.1) is 6.92 Å². The molecule has 1 unspecified atom stereocenters. The summed E-state index contributed by atoms with van der Waals surface area (Å²) in [5.74, 6) is 0. The van der Waals surface area contributed by atoms with E-state index in [1.54, 1.807) is 0 Å². The van der Waals surface area contributed by atoms with Crippen molar-refractivity contribution in [2.75, 3.05) is 0 Å². The summed E-state index contributed by atoms with van der Waals surface area (Å²) in [4.78, 5) is 0. The van der Waals surface area contributed by atoms with Crippen molar-refractivity contribution in [3.05, 3.63) is 52.8 Å². The molecule has 0 saturated heterocycles. The van der Waals surface area contributed by atoms with E-state index in [4.69, 9.17) is 0 Å². The normalized spacial score (nSPS) is 12.6. The minimum Gasteiger partial charge on any atom is -0.306 e. The lowest BCUT2D eigenvalue weighted by atomic mass is 10.0. The van der Waals surface area contributed by atoms with Crippen LogP contribution >= 0.6 is 0 Å². The van der Waals surface area contributed by atoms with Crippen LogP contribution in [0.5, 0.6) is 0 Å². The molecule has 1 heterocycles. The van der Waals surface area contributed by atoms with E-state index < -0.39 is 0 Å². The maximum Gasteiger partial charge on any atom is 0.0535 e. The Morgan fingerprint density at radius 1 is 1.26 bits per heavy atom. The van der Waals surface area contributed by atoms with E-state index in [2.05, 4.69) is 53.6 Å². The fraction of sp³-hybridized carbons (Fsp3) is 0.438. The Morgan fingerprint density at radius 2 is 2.00 bits per heavy atom. The zero-order chi connectivity index (χ0) is 13.7.